The Morgan fingerprint density at radius 1 is 1.09 bits per heavy atom. The summed E-state index contributed by atoms with van der Waals surface area (Å²) in [4.78, 5) is 16.2. The van der Waals surface area contributed by atoms with Gasteiger partial charge in [0.2, 0.25) is 0 Å². The summed E-state index contributed by atoms with van der Waals surface area (Å²) in [5.74, 6) is -0.985. The van der Waals surface area contributed by atoms with Gasteiger partial charge in [-0.15, -0.1) is 0 Å². The number of hydrogen-bond acceptors (Lipinski definition) is 2. The van der Waals surface area contributed by atoms with Crippen molar-refractivity contribution in [2.45, 2.75) is 13.8 Å². The highest BCUT2D eigenvalue weighted by Crippen LogP contribution is 2.29. The predicted octanol–water partition coefficient (Wildman–Crippen LogP) is 4.87. The summed E-state index contributed by atoms with van der Waals surface area (Å²) < 4.78 is 0. The molecule has 0 amide bonds. The van der Waals surface area contributed by atoms with Crippen molar-refractivity contribution in [2.75, 3.05) is 0 Å². The van der Waals surface area contributed by atoms with Gasteiger partial charge in [-0.2, -0.15) is 0 Å². The van der Waals surface area contributed by atoms with E-state index in [-0.39, 0.29) is 5.56 Å². The van der Waals surface area contributed by atoms with Crippen molar-refractivity contribution in [3.63, 3.8) is 0 Å². The molecule has 4 heteroatoms. The van der Waals surface area contributed by atoms with Crippen LogP contribution < -0.4 is 0 Å². The highest BCUT2D eigenvalue weighted by atomic mass is 35.5. The molecule has 110 valence electrons. The largest absolute Gasteiger partial charge is 0.478 e. The van der Waals surface area contributed by atoms with E-state index in [2.05, 4.69) is 11.1 Å². The molecule has 0 aliphatic heterocycles. The number of aryl methyl sites for hydroxylation is 2. The van der Waals surface area contributed by atoms with E-state index in [4.69, 9.17) is 11.6 Å². The second-order valence-corrected chi connectivity index (χ2v) is 5.78. The minimum Gasteiger partial charge on any atom is -0.478 e. The highest BCUT2D eigenvalue weighted by Gasteiger charge is 2.14. The van der Waals surface area contributed by atoms with Gasteiger partial charge in [-0.25, -0.2) is 9.78 Å². The zero-order valence-corrected chi connectivity index (χ0v) is 13.0. The van der Waals surface area contributed by atoms with Crippen LogP contribution in [0.5, 0.6) is 0 Å². The lowest BCUT2D eigenvalue weighted by Crippen LogP contribution is -2.01. The molecule has 0 saturated carbocycles. The van der Waals surface area contributed by atoms with Gasteiger partial charge < -0.3 is 5.11 Å². The van der Waals surface area contributed by atoms with Crippen molar-refractivity contribution < 1.29 is 9.90 Å². The molecule has 1 heterocycles. The molecular weight excluding hydrogens is 298 g/mol. The Balaban J connectivity index is 2.32. The maximum absolute atomic E-state index is 11.6. The van der Waals surface area contributed by atoms with Crippen LogP contribution in [0.4, 0.5) is 0 Å². The minimum atomic E-state index is -0.985. The molecule has 22 heavy (non-hydrogen) atoms. The molecule has 0 radical (unpaired) electrons. The van der Waals surface area contributed by atoms with Crippen LogP contribution in [0.1, 0.15) is 21.5 Å². The average molecular weight is 312 g/mol. The summed E-state index contributed by atoms with van der Waals surface area (Å²) in [6, 6.07) is 12.7. The number of carbonyl (C=O) groups is 1. The summed E-state index contributed by atoms with van der Waals surface area (Å²) in [6.45, 7) is 4.02. The summed E-state index contributed by atoms with van der Waals surface area (Å²) in [5.41, 5.74) is 4.65. The van der Waals surface area contributed by atoms with Crippen LogP contribution in [0, 0.1) is 13.8 Å². The number of halogens is 1. The lowest BCUT2D eigenvalue weighted by atomic mass is 9.99. The Bertz CT molecular complexity index is 903. The number of benzene rings is 2. The number of nitrogens with zero attached hydrogens (tertiary/aromatic N) is 1. The van der Waals surface area contributed by atoms with Gasteiger partial charge in [0.15, 0.2) is 0 Å². The lowest BCUT2D eigenvalue weighted by Gasteiger charge is -2.10. The van der Waals surface area contributed by atoms with Crippen LogP contribution in [0.3, 0.4) is 0 Å². The van der Waals surface area contributed by atoms with Crippen molar-refractivity contribution in [3.8, 4) is 11.3 Å². The summed E-state index contributed by atoms with van der Waals surface area (Å²) in [6.07, 6.45) is 0. The first-order valence-corrected chi connectivity index (χ1v) is 7.25. The van der Waals surface area contributed by atoms with Gasteiger partial charge in [0.25, 0.3) is 0 Å². The van der Waals surface area contributed by atoms with E-state index in [1.807, 2.05) is 26.0 Å². The predicted molar refractivity (Wildman–Crippen MR) is 88.6 cm³/mol. The van der Waals surface area contributed by atoms with E-state index in [9.17, 15) is 9.90 Å². The van der Waals surface area contributed by atoms with Crippen LogP contribution in [-0.2, 0) is 0 Å². The van der Waals surface area contributed by atoms with Gasteiger partial charge in [0.05, 0.1) is 16.8 Å². The zero-order valence-electron chi connectivity index (χ0n) is 12.2. The Kier molecular flexibility index (Phi) is 3.59. The summed E-state index contributed by atoms with van der Waals surface area (Å²) in [5, 5.41) is 10.5. The smallest absolute Gasteiger partial charge is 0.336 e. The monoisotopic (exact) mass is 311 g/mol. The minimum absolute atomic E-state index is 0.211. The molecule has 2 aromatic carbocycles. The SMILES string of the molecule is Cc1ccc(-c2cc(C(=O)O)c3cc(Cl)ccc3n2)c(C)c1. The molecule has 0 bridgehead atoms. The maximum Gasteiger partial charge on any atom is 0.336 e. The van der Waals surface area contributed by atoms with Gasteiger partial charge in [-0.3, -0.25) is 0 Å². The van der Waals surface area contributed by atoms with Crippen molar-refractivity contribution in [1.82, 2.24) is 4.98 Å². The molecule has 0 unspecified atom stereocenters. The Labute approximate surface area is 133 Å². The van der Waals surface area contributed by atoms with Gasteiger partial charge in [-0.05, 0) is 43.7 Å². The van der Waals surface area contributed by atoms with E-state index in [1.54, 1.807) is 24.3 Å². The standard InChI is InChI=1S/C18H14ClNO2/c1-10-3-5-13(11(2)7-10)17-9-15(18(21)22)14-8-12(19)4-6-16(14)20-17/h3-9H,1-2H3,(H,21,22). The molecule has 0 saturated heterocycles. The Morgan fingerprint density at radius 2 is 1.86 bits per heavy atom. The van der Waals surface area contributed by atoms with Crippen LogP contribution in [0.2, 0.25) is 5.02 Å². The molecule has 3 aromatic rings. The topological polar surface area (TPSA) is 50.2 Å². The van der Waals surface area contributed by atoms with E-state index < -0.39 is 5.97 Å². The normalized spacial score (nSPS) is 10.9. The Hall–Kier alpha value is -2.39. The van der Waals surface area contributed by atoms with E-state index in [1.165, 1.54) is 0 Å². The fraction of sp³-hybridized carbons (Fsp3) is 0.111. The van der Waals surface area contributed by atoms with Crippen LogP contribution >= 0.6 is 11.6 Å². The second kappa shape index (κ2) is 5.43. The van der Waals surface area contributed by atoms with Crippen LogP contribution in [0.15, 0.2) is 42.5 Å². The lowest BCUT2D eigenvalue weighted by molar-refractivity contribution is 0.0699. The molecule has 0 fully saturated rings. The number of pyridine rings is 1. The summed E-state index contributed by atoms with van der Waals surface area (Å²) in [7, 11) is 0. The third-order valence-corrected chi connectivity index (χ3v) is 3.89. The molecule has 0 spiro atoms. The molecule has 1 aromatic heterocycles. The van der Waals surface area contributed by atoms with Gasteiger partial charge >= 0.3 is 5.97 Å². The van der Waals surface area contributed by atoms with Crippen molar-refractivity contribution in [2.24, 2.45) is 0 Å². The number of aromatic carboxylic acids is 1. The third-order valence-electron chi connectivity index (χ3n) is 3.66. The van der Waals surface area contributed by atoms with Crippen LogP contribution in [-0.4, -0.2) is 16.1 Å². The first kappa shape index (κ1) is 14.5. The zero-order chi connectivity index (χ0) is 15.9. The van der Waals surface area contributed by atoms with E-state index in [0.717, 1.165) is 16.7 Å². The number of aromatic nitrogens is 1. The summed E-state index contributed by atoms with van der Waals surface area (Å²) >= 11 is 5.97. The van der Waals surface area contributed by atoms with Crippen molar-refractivity contribution in [3.05, 3.63) is 64.2 Å². The molecule has 3 nitrogen and oxygen atoms in total. The van der Waals surface area contributed by atoms with Gasteiger partial charge in [0, 0.05) is 16.0 Å². The Morgan fingerprint density at radius 3 is 2.55 bits per heavy atom. The van der Waals surface area contributed by atoms with Gasteiger partial charge in [-0.1, -0.05) is 35.4 Å². The number of hydrogen-bond donors (Lipinski definition) is 1. The molecular formula is C18H14ClNO2. The van der Waals surface area contributed by atoms with E-state index in [0.29, 0.717) is 21.6 Å². The van der Waals surface area contributed by atoms with E-state index >= 15 is 0 Å². The molecule has 1 N–H and O–H groups in total. The molecule has 0 aliphatic carbocycles. The number of carboxylic acid groups (broad SMARTS) is 1. The fourth-order valence-electron chi connectivity index (χ4n) is 2.61. The van der Waals surface area contributed by atoms with Crippen molar-refractivity contribution >= 4 is 28.5 Å². The maximum atomic E-state index is 11.6. The van der Waals surface area contributed by atoms with Crippen molar-refractivity contribution in [1.29, 1.82) is 0 Å². The number of carboxylic acids is 1. The number of rotatable bonds is 2. The fourth-order valence-corrected chi connectivity index (χ4v) is 2.79. The highest BCUT2D eigenvalue weighted by molar-refractivity contribution is 6.31. The molecule has 0 atom stereocenters. The second-order valence-electron chi connectivity index (χ2n) is 5.34. The molecule has 0 aliphatic rings. The molecule has 3 rings (SSSR count). The first-order chi connectivity index (χ1) is 10.5. The van der Waals surface area contributed by atoms with Gasteiger partial charge in [0.1, 0.15) is 0 Å². The van der Waals surface area contributed by atoms with Crippen LogP contribution in [0.25, 0.3) is 22.2 Å². The number of fused-ring (bicyclic) bond motifs is 1. The average Bonchev–Trinajstić information content (AvgIpc) is 2.46. The quantitative estimate of drug-likeness (QED) is 0.734. The third kappa shape index (κ3) is 2.55. The first-order valence-electron chi connectivity index (χ1n) is 6.87.